The van der Waals surface area contributed by atoms with Crippen LogP contribution in [0.4, 0.5) is 0 Å². The van der Waals surface area contributed by atoms with Gasteiger partial charge in [-0.2, -0.15) is 5.10 Å². The van der Waals surface area contributed by atoms with Crippen molar-refractivity contribution in [3.8, 4) is 0 Å². The molecule has 0 aromatic rings. The number of alkyl halides is 3. The summed E-state index contributed by atoms with van der Waals surface area (Å²) in [7, 11) is 1.51. The molecule has 0 fully saturated rings. The van der Waals surface area contributed by atoms with Crippen LogP contribution in [0, 0.1) is 5.92 Å². The van der Waals surface area contributed by atoms with Crippen LogP contribution in [0.5, 0.6) is 0 Å². The van der Waals surface area contributed by atoms with Crippen molar-refractivity contribution in [2.45, 2.75) is 23.7 Å². The molecule has 8 heteroatoms. The lowest BCUT2D eigenvalue weighted by Crippen LogP contribution is -2.52. The van der Waals surface area contributed by atoms with Crippen molar-refractivity contribution in [2.24, 2.45) is 11.0 Å². The van der Waals surface area contributed by atoms with E-state index in [1.54, 1.807) is 6.92 Å². The molecule has 0 aromatic carbocycles. The van der Waals surface area contributed by atoms with Gasteiger partial charge >= 0.3 is 0 Å². The molecule has 2 atom stereocenters. The second-order valence-electron chi connectivity index (χ2n) is 3.80. The van der Waals surface area contributed by atoms with E-state index >= 15 is 0 Å². The summed E-state index contributed by atoms with van der Waals surface area (Å²) >= 11 is 17.4. The fourth-order valence-electron chi connectivity index (χ4n) is 1.68. The van der Waals surface area contributed by atoms with Crippen LogP contribution in [0.15, 0.2) is 5.10 Å². The maximum absolute atomic E-state index is 11.9. The second-order valence-corrected chi connectivity index (χ2v) is 6.17. The Kier molecular flexibility index (Phi) is 4.28. The molecular weight excluding hydrogens is 288 g/mol. The van der Waals surface area contributed by atoms with Crippen LogP contribution in [0.25, 0.3) is 0 Å². The Balaban J connectivity index is 3.04. The van der Waals surface area contributed by atoms with Gasteiger partial charge in [-0.1, -0.05) is 34.8 Å². The van der Waals surface area contributed by atoms with Crippen LogP contribution in [-0.4, -0.2) is 39.4 Å². The number of carbonyl (C=O) groups is 2. The molecule has 1 rings (SSSR count). The van der Waals surface area contributed by atoms with E-state index in [0.29, 0.717) is 5.71 Å². The fraction of sp³-hybridized carbons (Fsp3) is 0.667. The Hall–Kier alpha value is -0.520. The van der Waals surface area contributed by atoms with E-state index in [1.807, 2.05) is 0 Å². The maximum atomic E-state index is 11.9. The summed E-state index contributed by atoms with van der Waals surface area (Å²) in [6, 6.07) is -0.939. The van der Waals surface area contributed by atoms with Gasteiger partial charge in [0.25, 0.3) is 5.91 Å². The van der Waals surface area contributed by atoms with Crippen molar-refractivity contribution in [3.05, 3.63) is 0 Å². The predicted octanol–water partition coefficient (Wildman–Crippen LogP) is 1.33. The number of hydrogen-bond donors (Lipinski definition) is 1. The number of hydrogen-bond acceptors (Lipinski definition) is 3. The number of halogens is 3. The number of amides is 2. The molecule has 0 saturated carbocycles. The first-order valence-corrected chi connectivity index (χ1v) is 5.94. The van der Waals surface area contributed by atoms with Gasteiger partial charge in [-0.25, -0.2) is 5.01 Å². The predicted molar refractivity (Wildman–Crippen MR) is 67.3 cm³/mol. The molecule has 17 heavy (non-hydrogen) atoms. The average Bonchev–Trinajstić information content (AvgIpc) is 2.36. The van der Waals surface area contributed by atoms with Crippen LogP contribution in [0.2, 0.25) is 0 Å². The molecule has 2 unspecified atom stereocenters. The Labute approximate surface area is 114 Å². The molecule has 0 spiro atoms. The van der Waals surface area contributed by atoms with Gasteiger partial charge in [-0.05, 0) is 6.92 Å². The zero-order valence-corrected chi connectivity index (χ0v) is 11.8. The van der Waals surface area contributed by atoms with E-state index in [4.69, 9.17) is 34.8 Å². The zero-order chi connectivity index (χ0) is 13.4. The summed E-state index contributed by atoms with van der Waals surface area (Å²) in [6.07, 6.45) is 0. The topological polar surface area (TPSA) is 61.8 Å². The zero-order valence-electron chi connectivity index (χ0n) is 9.50. The van der Waals surface area contributed by atoms with E-state index in [0.717, 1.165) is 0 Å². The quantitative estimate of drug-likeness (QED) is 0.782. The smallest absolute Gasteiger partial charge is 0.253 e. The summed E-state index contributed by atoms with van der Waals surface area (Å²) < 4.78 is -1.78. The summed E-state index contributed by atoms with van der Waals surface area (Å²) in [4.78, 5) is 23.0. The standard InChI is InChI=1S/C9H12Cl3N3O2/c1-4-6(8(17)15(3)14-4)7(9(10,11)12)13-5(2)16/h6-7H,1-3H3,(H,13,16). The average molecular weight is 301 g/mol. The lowest BCUT2D eigenvalue weighted by atomic mass is 9.96. The molecular formula is C9H12Cl3N3O2. The summed E-state index contributed by atoms with van der Waals surface area (Å²) in [5, 5.41) is 7.62. The van der Waals surface area contributed by atoms with Crippen LogP contribution in [-0.2, 0) is 9.59 Å². The molecule has 0 bridgehead atoms. The fourth-order valence-corrected chi connectivity index (χ4v) is 2.23. The minimum atomic E-state index is -1.78. The molecule has 1 heterocycles. The van der Waals surface area contributed by atoms with Crippen LogP contribution >= 0.6 is 34.8 Å². The Morgan fingerprint density at radius 2 is 2.06 bits per heavy atom. The third-order valence-corrected chi connectivity index (χ3v) is 3.09. The highest BCUT2D eigenvalue weighted by Crippen LogP contribution is 2.36. The molecule has 0 saturated heterocycles. The van der Waals surface area contributed by atoms with Crippen molar-refractivity contribution in [1.82, 2.24) is 10.3 Å². The summed E-state index contributed by atoms with van der Waals surface area (Å²) in [5.41, 5.74) is 0.502. The lowest BCUT2D eigenvalue weighted by molar-refractivity contribution is -0.131. The van der Waals surface area contributed by atoms with Gasteiger partial charge in [0.1, 0.15) is 5.92 Å². The van der Waals surface area contributed by atoms with E-state index < -0.39 is 15.8 Å². The van der Waals surface area contributed by atoms with Crippen molar-refractivity contribution in [2.75, 3.05) is 7.05 Å². The number of rotatable bonds is 2. The van der Waals surface area contributed by atoms with Crippen LogP contribution < -0.4 is 5.32 Å². The Morgan fingerprint density at radius 3 is 2.35 bits per heavy atom. The molecule has 0 aliphatic carbocycles. The van der Waals surface area contributed by atoms with Crippen molar-refractivity contribution in [1.29, 1.82) is 0 Å². The monoisotopic (exact) mass is 299 g/mol. The number of nitrogens with zero attached hydrogens (tertiary/aromatic N) is 2. The SMILES string of the molecule is CC(=O)NC(C1C(=O)N(C)N=C1C)C(Cl)(Cl)Cl. The van der Waals surface area contributed by atoms with Crippen LogP contribution in [0.1, 0.15) is 13.8 Å². The minimum Gasteiger partial charge on any atom is -0.348 e. The minimum absolute atomic E-state index is 0.312. The Bertz CT molecular complexity index is 378. The first-order chi connectivity index (χ1) is 7.64. The van der Waals surface area contributed by atoms with E-state index in [-0.39, 0.29) is 11.8 Å². The van der Waals surface area contributed by atoms with Gasteiger partial charge in [0, 0.05) is 14.0 Å². The van der Waals surface area contributed by atoms with Gasteiger partial charge in [-0.3, -0.25) is 9.59 Å². The van der Waals surface area contributed by atoms with E-state index in [1.165, 1.54) is 19.0 Å². The van der Waals surface area contributed by atoms with Gasteiger partial charge in [0.05, 0.1) is 11.8 Å². The molecule has 1 N–H and O–H groups in total. The van der Waals surface area contributed by atoms with Crippen molar-refractivity contribution < 1.29 is 9.59 Å². The number of carbonyl (C=O) groups excluding carboxylic acids is 2. The first kappa shape index (κ1) is 14.5. The lowest BCUT2D eigenvalue weighted by Gasteiger charge is -2.29. The molecule has 1 aliphatic heterocycles. The number of nitrogens with one attached hydrogen (secondary N) is 1. The molecule has 96 valence electrons. The van der Waals surface area contributed by atoms with Crippen LogP contribution in [0.3, 0.4) is 0 Å². The summed E-state index contributed by atoms with van der Waals surface area (Å²) in [5.74, 6) is -1.44. The molecule has 2 amide bonds. The third kappa shape index (κ3) is 3.24. The molecule has 0 aromatic heterocycles. The largest absolute Gasteiger partial charge is 0.348 e. The highest BCUT2D eigenvalue weighted by Gasteiger charge is 2.47. The normalized spacial score (nSPS) is 22.5. The summed E-state index contributed by atoms with van der Waals surface area (Å²) in [6.45, 7) is 2.94. The number of hydrazone groups is 1. The second kappa shape index (κ2) is 5.00. The van der Waals surface area contributed by atoms with Gasteiger partial charge in [0.2, 0.25) is 9.70 Å². The Morgan fingerprint density at radius 1 is 1.53 bits per heavy atom. The van der Waals surface area contributed by atoms with E-state index in [9.17, 15) is 9.59 Å². The molecule has 5 nitrogen and oxygen atoms in total. The molecule has 0 radical (unpaired) electrons. The van der Waals surface area contributed by atoms with E-state index in [2.05, 4.69) is 10.4 Å². The maximum Gasteiger partial charge on any atom is 0.253 e. The molecule has 1 aliphatic rings. The first-order valence-electron chi connectivity index (χ1n) is 4.81. The third-order valence-electron chi connectivity index (χ3n) is 2.39. The van der Waals surface area contributed by atoms with Gasteiger partial charge in [-0.15, -0.1) is 0 Å². The highest BCUT2D eigenvalue weighted by molar-refractivity contribution is 6.68. The van der Waals surface area contributed by atoms with Gasteiger partial charge < -0.3 is 5.32 Å². The van der Waals surface area contributed by atoms with Crippen molar-refractivity contribution in [3.63, 3.8) is 0 Å². The van der Waals surface area contributed by atoms with Gasteiger partial charge in [0.15, 0.2) is 0 Å². The highest BCUT2D eigenvalue weighted by atomic mass is 35.6. The van der Waals surface area contributed by atoms with Crippen molar-refractivity contribution >= 4 is 52.3 Å².